The number of aryl methyl sites for hydroxylation is 1. The van der Waals surface area contributed by atoms with Crippen LogP contribution in [0.15, 0.2) is 64.3 Å². The normalized spacial score (nSPS) is 11.0. The summed E-state index contributed by atoms with van der Waals surface area (Å²) >= 11 is 1.53. The summed E-state index contributed by atoms with van der Waals surface area (Å²) in [7, 11) is 1.65. The van der Waals surface area contributed by atoms with Crippen molar-refractivity contribution in [3.8, 4) is 22.8 Å². The SMILES string of the molecule is CCCCc1nc(CSc2nnc(-c3cccc(OC)c3)n2-c2ccccc2)no1. The zero-order valence-corrected chi connectivity index (χ0v) is 17.8. The largest absolute Gasteiger partial charge is 0.497 e. The Bertz CT molecular complexity index is 1090. The van der Waals surface area contributed by atoms with Crippen molar-refractivity contribution in [2.75, 3.05) is 7.11 Å². The van der Waals surface area contributed by atoms with E-state index in [9.17, 15) is 0 Å². The molecule has 2 aromatic carbocycles. The van der Waals surface area contributed by atoms with Crippen LogP contribution in [0.5, 0.6) is 5.75 Å². The number of nitrogens with zero attached hydrogens (tertiary/aromatic N) is 5. The van der Waals surface area contributed by atoms with Gasteiger partial charge in [-0.1, -0.05) is 60.6 Å². The quantitative estimate of drug-likeness (QED) is 0.353. The van der Waals surface area contributed by atoms with Gasteiger partial charge in [-0.15, -0.1) is 10.2 Å². The smallest absolute Gasteiger partial charge is 0.226 e. The highest BCUT2D eigenvalue weighted by Crippen LogP contribution is 2.30. The molecule has 0 atom stereocenters. The number of aromatic nitrogens is 5. The zero-order valence-electron chi connectivity index (χ0n) is 17.0. The Hall–Kier alpha value is -3.13. The lowest BCUT2D eigenvalue weighted by Gasteiger charge is -2.10. The lowest BCUT2D eigenvalue weighted by atomic mass is 10.2. The third-order valence-corrected chi connectivity index (χ3v) is 5.49. The first kappa shape index (κ1) is 20.2. The average molecular weight is 422 g/mol. The van der Waals surface area contributed by atoms with Crippen LogP contribution in [0.2, 0.25) is 0 Å². The van der Waals surface area contributed by atoms with Gasteiger partial charge >= 0.3 is 0 Å². The predicted molar refractivity (Wildman–Crippen MR) is 116 cm³/mol. The number of methoxy groups -OCH3 is 1. The monoisotopic (exact) mass is 421 g/mol. The number of para-hydroxylation sites is 1. The van der Waals surface area contributed by atoms with Gasteiger partial charge in [0, 0.05) is 17.7 Å². The number of benzene rings is 2. The van der Waals surface area contributed by atoms with Crippen molar-refractivity contribution in [1.29, 1.82) is 0 Å². The molecular formula is C22H23N5O2S. The minimum atomic E-state index is 0.554. The molecule has 0 saturated carbocycles. The lowest BCUT2D eigenvalue weighted by molar-refractivity contribution is 0.371. The predicted octanol–water partition coefficient (Wildman–Crippen LogP) is 4.96. The Morgan fingerprint density at radius 2 is 1.93 bits per heavy atom. The van der Waals surface area contributed by atoms with Gasteiger partial charge in [0.15, 0.2) is 16.8 Å². The molecule has 0 aliphatic heterocycles. The van der Waals surface area contributed by atoms with Crippen LogP contribution >= 0.6 is 11.8 Å². The molecule has 0 spiro atoms. The van der Waals surface area contributed by atoms with Crippen molar-refractivity contribution in [3.63, 3.8) is 0 Å². The van der Waals surface area contributed by atoms with E-state index in [0.717, 1.165) is 47.2 Å². The van der Waals surface area contributed by atoms with Crippen LogP contribution in [-0.4, -0.2) is 32.0 Å². The Labute approximate surface area is 179 Å². The van der Waals surface area contributed by atoms with Crippen molar-refractivity contribution >= 4 is 11.8 Å². The lowest BCUT2D eigenvalue weighted by Crippen LogP contribution is -2.00. The van der Waals surface area contributed by atoms with Crippen molar-refractivity contribution < 1.29 is 9.26 Å². The molecule has 8 heteroatoms. The van der Waals surface area contributed by atoms with Gasteiger partial charge < -0.3 is 9.26 Å². The fraction of sp³-hybridized carbons (Fsp3) is 0.273. The maximum absolute atomic E-state index is 5.37. The summed E-state index contributed by atoms with van der Waals surface area (Å²) in [6.45, 7) is 2.14. The van der Waals surface area contributed by atoms with E-state index in [1.54, 1.807) is 7.11 Å². The van der Waals surface area contributed by atoms with Crippen molar-refractivity contribution in [3.05, 3.63) is 66.3 Å². The molecule has 7 nitrogen and oxygen atoms in total. The van der Waals surface area contributed by atoms with E-state index in [1.807, 2.05) is 59.2 Å². The molecule has 154 valence electrons. The molecular weight excluding hydrogens is 398 g/mol. The van der Waals surface area contributed by atoms with E-state index in [1.165, 1.54) is 11.8 Å². The van der Waals surface area contributed by atoms with Crippen molar-refractivity contribution in [1.82, 2.24) is 24.9 Å². The number of thioether (sulfide) groups is 1. The molecule has 0 fully saturated rings. The number of ether oxygens (including phenoxy) is 1. The minimum Gasteiger partial charge on any atom is -0.497 e. The number of unbranched alkanes of at least 4 members (excludes halogenated alkanes) is 1. The molecule has 2 aromatic heterocycles. The molecule has 30 heavy (non-hydrogen) atoms. The summed E-state index contributed by atoms with van der Waals surface area (Å²) in [6, 6.07) is 17.9. The van der Waals surface area contributed by atoms with Gasteiger partial charge in [0.1, 0.15) is 5.75 Å². The van der Waals surface area contributed by atoms with Crippen LogP contribution in [0.3, 0.4) is 0 Å². The van der Waals surface area contributed by atoms with E-state index in [0.29, 0.717) is 17.5 Å². The molecule has 0 unspecified atom stereocenters. The first-order chi connectivity index (χ1) is 14.8. The second-order valence-corrected chi connectivity index (χ2v) is 7.65. The van der Waals surface area contributed by atoms with Crippen molar-refractivity contribution in [2.45, 2.75) is 37.1 Å². The van der Waals surface area contributed by atoms with Crippen LogP contribution in [0, 0.1) is 0 Å². The Morgan fingerprint density at radius 3 is 2.73 bits per heavy atom. The molecule has 0 aliphatic rings. The fourth-order valence-corrected chi connectivity index (χ4v) is 3.82. The van der Waals surface area contributed by atoms with Gasteiger partial charge in [0.2, 0.25) is 5.89 Å². The summed E-state index contributed by atoms with van der Waals surface area (Å²) in [5.41, 5.74) is 1.92. The van der Waals surface area contributed by atoms with Crippen LogP contribution in [0.1, 0.15) is 31.5 Å². The van der Waals surface area contributed by atoms with E-state index >= 15 is 0 Å². The molecule has 4 rings (SSSR count). The molecule has 2 heterocycles. The first-order valence-electron chi connectivity index (χ1n) is 9.88. The van der Waals surface area contributed by atoms with Gasteiger partial charge in [0.05, 0.1) is 12.9 Å². The van der Waals surface area contributed by atoms with E-state index in [2.05, 4.69) is 27.3 Å². The van der Waals surface area contributed by atoms with Gasteiger partial charge in [-0.25, -0.2) is 0 Å². The minimum absolute atomic E-state index is 0.554. The zero-order chi connectivity index (χ0) is 20.8. The topological polar surface area (TPSA) is 78.9 Å². The van der Waals surface area contributed by atoms with E-state index < -0.39 is 0 Å². The summed E-state index contributed by atoms with van der Waals surface area (Å²) in [5, 5.41) is 13.8. The van der Waals surface area contributed by atoms with Gasteiger partial charge in [0.25, 0.3) is 0 Å². The maximum atomic E-state index is 5.37. The average Bonchev–Trinajstić information content (AvgIpc) is 3.43. The van der Waals surface area contributed by atoms with Gasteiger partial charge in [-0.3, -0.25) is 4.57 Å². The molecule has 0 amide bonds. The Morgan fingerprint density at radius 1 is 1.07 bits per heavy atom. The standard InChI is InChI=1S/C22H23N5O2S/c1-3-4-13-20-23-19(26-29-20)15-30-22-25-24-21(16-9-8-12-18(14-16)28-2)27(22)17-10-6-5-7-11-17/h5-12,14H,3-4,13,15H2,1-2H3. The van der Waals surface area contributed by atoms with Crippen LogP contribution < -0.4 is 4.74 Å². The third kappa shape index (κ3) is 4.54. The van der Waals surface area contributed by atoms with E-state index in [-0.39, 0.29) is 0 Å². The molecule has 0 aliphatic carbocycles. The molecule has 0 radical (unpaired) electrons. The second kappa shape index (κ2) is 9.58. The molecule has 0 bridgehead atoms. The molecule has 0 saturated heterocycles. The summed E-state index contributed by atoms with van der Waals surface area (Å²) < 4.78 is 12.8. The Kier molecular flexibility index (Phi) is 6.44. The van der Waals surface area contributed by atoms with Crippen LogP contribution in [-0.2, 0) is 12.2 Å². The molecule has 4 aromatic rings. The fourth-order valence-electron chi connectivity index (χ4n) is 3.03. The highest BCUT2D eigenvalue weighted by Gasteiger charge is 2.17. The number of hydrogen-bond donors (Lipinski definition) is 0. The highest BCUT2D eigenvalue weighted by molar-refractivity contribution is 7.98. The Balaban J connectivity index is 1.63. The summed E-state index contributed by atoms with van der Waals surface area (Å²) in [6.07, 6.45) is 2.95. The van der Waals surface area contributed by atoms with E-state index in [4.69, 9.17) is 9.26 Å². The number of hydrogen-bond acceptors (Lipinski definition) is 7. The van der Waals surface area contributed by atoms with Gasteiger partial charge in [-0.05, 0) is 30.7 Å². The molecule has 0 N–H and O–H groups in total. The first-order valence-corrected chi connectivity index (χ1v) is 10.9. The van der Waals surface area contributed by atoms with Crippen LogP contribution in [0.25, 0.3) is 17.1 Å². The summed E-state index contributed by atoms with van der Waals surface area (Å²) in [4.78, 5) is 4.48. The van der Waals surface area contributed by atoms with Crippen LogP contribution in [0.4, 0.5) is 0 Å². The second-order valence-electron chi connectivity index (χ2n) is 6.71. The van der Waals surface area contributed by atoms with Crippen molar-refractivity contribution in [2.24, 2.45) is 0 Å². The summed E-state index contributed by atoms with van der Waals surface area (Å²) in [5.74, 6) is 3.43. The van der Waals surface area contributed by atoms with Gasteiger partial charge in [-0.2, -0.15) is 4.98 Å². The maximum Gasteiger partial charge on any atom is 0.226 e. The number of rotatable bonds is 9. The third-order valence-electron chi connectivity index (χ3n) is 4.56. The highest BCUT2D eigenvalue weighted by atomic mass is 32.2.